The van der Waals surface area contributed by atoms with Crippen molar-refractivity contribution in [2.75, 3.05) is 5.32 Å². The van der Waals surface area contributed by atoms with Gasteiger partial charge in [-0.05, 0) is 61.3 Å². The lowest BCUT2D eigenvalue weighted by Gasteiger charge is -2.39. The summed E-state index contributed by atoms with van der Waals surface area (Å²) in [7, 11) is 0. The van der Waals surface area contributed by atoms with E-state index in [2.05, 4.69) is 38.2 Å². The molecule has 0 saturated heterocycles. The van der Waals surface area contributed by atoms with E-state index in [0.29, 0.717) is 11.5 Å². The van der Waals surface area contributed by atoms with Crippen LogP contribution in [0.1, 0.15) is 52.9 Å². The molecule has 1 nitrogen and oxygen atoms in total. The topological polar surface area (TPSA) is 12.0 Å². The molecule has 1 aromatic rings. The molecule has 1 aromatic carbocycles. The average molecular weight is 280 g/mol. The number of halogens is 1. The number of nitrogens with one attached hydrogen (secondary N) is 1. The lowest BCUT2D eigenvalue weighted by molar-refractivity contribution is 0.147. The van der Waals surface area contributed by atoms with E-state index in [0.717, 1.165) is 10.9 Å². The van der Waals surface area contributed by atoms with Crippen molar-refractivity contribution in [1.82, 2.24) is 0 Å². The van der Waals surface area contributed by atoms with Crippen LogP contribution in [-0.4, -0.2) is 6.04 Å². The van der Waals surface area contributed by atoms with Crippen molar-refractivity contribution < 1.29 is 0 Å². The summed E-state index contributed by atoms with van der Waals surface area (Å²) in [5.74, 6) is 0.890. The molecule has 0 amide bonds. The van der Waals surface area contributed by atoms with E-state index in [1.165, 1.54) is 37.8 Å². The van der Waals surface area contributed by atoms with E-state index in [9.17, 15) is 0 Å². The van der Waals surface area contributed by atoms with Crippen molar-refractivity contribution >= 4 is 17.3 Å². The van der Waals surface area contributed by atoms with Gasteiger partial charge >= 0.3 is 0 Å². The third-order valence-corrected chi connectivity index (χ3v) is 5.21. The Hall–Kier alpha value is -0.690. The molecule has 19 heavy (non-hydrogen) atoms. The van der Waals surface area contributed by atoms with Crippen LogP contribution in [0.4, 0.5) is 5.69 Å². The molecule has 0 radical (unpaired) electrons. The Bertz CT molecular complexity index is 388. The maximum Gasteiger partial charge on any atom is 0.0407 e. The first-order valence-corrected chi connectivity index (χ1v) is 7.91. The maximum atomic E-state index is 5.91. The quantitative estimate of drug-likeness (QED) is 0.740. The minimum Gasteiger partial charge on any atom is -0.382 e. The van der Waals surface area contributed by atoms with Crippen LogP contribution in [0.3, 0.4) is 0 Å². The predicted molar refractivity (Wildman–Crippen MR) is 84.9 cm³/mol. The van der Waals surface area contributed by atoms with Crippen molar-refractivity contribution in [3.8, 4) is 0 Å². The van der Waals surface area contributed by atoms with Gasteiger partial charge in [-0.25, -0.2) is 0 Å². The lowest BCUT2D eigenvalue weighted by Crippen LogP contribution is -2.32. The highest BCUT2D eigenvalue weighted by Gasteiger charge is 2.31. The van der Waals surface area contributed by atoms with E-state index in [1.54, 1.807) is 0 Å². The first-order chi connectivity index (χ1) is 9.01. The lowest BCUT2D eigenvalue weighted by atomic mass is 9.69. The monoisotopic (exact) mass is 279 g/mol. The third kappa shape index (κ3) is 3.89. The highest BCUT2D eigenvalue weighted by molar-refractivity contribution is 6.30. The molecule has 2 heteroatoms. The number of anilines is 1. The van der Waals surface area contributed by atoms with E-state index in [4.69, 9.17) is 11.6 Å². The summed E-state index contributed by atoms with van der Waals surface area (Å²) in [5.41, 5.74) is 1.70. The molecule has 0 bridgehead atoms. The predicted octanol–water partition coefficient (Wildman–Crippen LogP) is 5.75. The van der Waals surface area contributed by atoms with Crippen LogP contribution in [-0.2, 0) is 0 Å². The minimum absolute atomic E-state index is 0.505. The molecule has 1 saturated carbocycles. The van der Waals surface area contributed by atoms with Crippen LogP contribution in [0.15, 0.2) is 24.3 Å². The summed E-state index contributed by atoms with van der Waals surface area (Å²) in [6, 6.07) is 8.69. The average Bonchev–Trinajstić information content (AvgIpc) is 2.42. The second kappa shape index (κ2) is 6.17. The summed E-state index contributed by atoms with van der Waals surface area (Å²) >= 11 is 5.91. The molecule has 2 rings (SSSR count). The smallest absolute Gasteiger partial charge is 0.0407 e. The van der Waals surface area contributed by atoms with Crippen LogP contribution >= 0.6 is 11.6 Å². The standard InChI is InChI=1S/C17H26ClN/c1-4-17(2,3)13-5-9-15(10-6-13)19-16-11-7-14(18)8-12-16/h7-8,11-13,15,19H,4-6,9-10H2,1-3H3. The van der Waals surface area contributed by atoms with Crippen LogP contribution in [0.2, 0.25) is 5.02 Å². The molecule has 1 fully saturated rings. The normalized spacial score (nSPS) is 24.2. The van der Waals surface area contributed by atoms with Crippen molar-refractivity contribution in [2.24, 2.45) is 11.3 Å². The molecule has 0 aromatic heterocycles. The Labute approximate surface area is 122 Å². The molecular formula is C17H26ClN. The molecule has 0 heterocycles. The molecule has 1 aliphatic carbocycles. The highest BCUT2D eigenvalue weighted by atomic mass is 35.5. The van der Waals surface area contributed by atoms with Gasteiger partial charge in [0.25, 0.3) is 0 Å². The zero-order valence-electron chi connectivity index (χ0n) is 12.4. The van der Waals surface area contributed by atoms with Gasteiger partial charge in [0.1, 0.15) is 0 Å². The Kier molecular flexibility index (Phi) is 4.78. The van der Waals surface area contributed by atoms with Gasteiger partial charge in [0, 0.05) is 16.8 Å². The van der Waals surface area contributed by atoms with Gasteiger partial charge < -0.3 is 5.32 Å². The number of rotatable bonds is 4. The van der Waals surface area contributed by atoms with Gasteiger partial charge in [0.15, 0.2) is 0 Å². The van der Waals surface area contributed by atoms with E-state index in [1.807, 2.05) is 12.1 Å². The molecule has 0 aliphatic heterocycles. The summed E-state index contributed by atoms with van der Waals surface area (Å²) < 4.78 is 0. The van der Waals surface area contributed by atoms with Gasteiger partial charge in [0.05, 0.1) is 0 Å². The van der Waals surface area contributed by atoms with E-state index in [-0.39, 0.29) is 0 Å². The van der Waals surface area contributed by atoms with Gasteiger partial charge in [-0.15, -0.1) is 0 Å². The molecule has 0 unspecified atom stereocenters. The van der Waals surface area contributed by atoms with Crippen LogP contribution in [0, 0.1) is 11.3 Å². The molecule has 1 aliphatic rings. The first-order valence-electron chi connectivity index (χ1n) is 7.53. The summed E-state index contributed by atoms with van der Waals surface area (Å²) in [6.07, 6.45) is 6.57. The fraction of sp³-hybridized carbons (Fsp3) is 0.647. The van der Waals surface area contributed by atoms with Gasteiger partial charge in [-0.1, -0.05) is 38.8 Å². The van der Waals surface area contributed by atoms with Crippen molar-refractivity contribution in [2.45, 2.75) is 58.9 Å². The second-order valence-electron chi connectivity index (χ2n) is 6.54. The Morgan fingerprint density at radius 1 is 1.11 bits per heavy atom. The number of hydrogen-bond acceptors (Lipinski definition) is 1. The fourth-order valence-electron chi connectivity index (χ4n) is 3.09. The third-order valence-electron chi connectivity index (χ3n) is 4.96. The largest absolute Gasteiger partial charge is 0.382 e. The molecule has 1 N–H and O–H groups in total. The summed E-state index contributed by atoms with van der Waals surface area (Å²) in [4.78, 5) is 0. The first kappa shape index (κ1) is 14.7. The van der Waals surface area contributed by atoms with Crippen LogP contribution in [0.5, 0.6) is 0 Å². The molecular weight excluding hydrogens is 254 g/mol. The molecule has 106 valence electrons. The van der Waals surface area contributed by atoms with Gasteiger partial charge in [-0.3, -0.25) is 0 Å². The zero-order valence-corrected chi connectivity index (χ0v) is 13.1. The van der Waals surface area contributed by atoms with Gasteiger partial charge in [0.2, 0.25) is 0 Å². The second-order valence-corrected chi connectivity index (χ2v) is 6.98. The van der Waals surface area contributed by atoms with E-state index < -0.39 is 0 Å². The Morgan fingerprint density at radius 3 is 2.21 bits per heavy atom. The number of benzene rings is 1. The minimum atomic E-state index is 0.505. The molecule has 0 atom stereocenters. The molecule has 0 spiro atoms. The number of hydrogen-bond donors (Lipinski definition) is 1. The van der Waals surface area contributed by atoms with E-state index >= 15 is 0 Å². The summed E-state index contributed by atoms with van der Waals surface area (Å²) in [5, 5.41) is 4.44. The van der Waals surface area contributed by atoms with Crippen LogP contribution in [0.25, 0.3) is 0 Å². The SMILES string of the molecule is CCC(C)(C)C1CCC(Nc2ccc(Cl)cc2)CC1. The highest BCUT2D eigenvalue weighted by Crippen LogP contribution is 2.40. The van der Waals surface area contributed by atoms with Crippen molar-refractivity contribution in [3.05, 3.63) is 29.3 Å². The Balaban J connectivity index is 1.85. The van der Waals surface area contributed by atoms with Crippen molar-refractivity contribution in [1.29, 1.82) is 0 Å². The van der Waals surface area contributed by atoms with Gasteiger partial charge in [-0.2, -0.15) is 0 Å². The Morgan fingerprint density at radius 2 is 1.68 bits per heavy atom. The summed E-state index contributed by atoms with van der Waals surface area (Å²) in [6.45, 7) is 7.16. The zero-order chi connectivity index (χ0) is 13.9. The van der Waals surface area contributed by atoms with Crippen molar-refractivity contribution in [3.63, 3.8) is 0 Å². The maximum absolute atomic E-state index is 5.91. The van der Waals surface area contributed by atoms with Crippen LogP contribution < -0.4 is 5.32 Å². The fourth-order valence-corrected chi connectivity index (χ4v) is 3.22.